The molecule has 1 heterocycles. The number of aromatic nitrogens is 1. The van der Waals surface area contributed by atoms with Gasteiger partial charge >= 0.3 is 0 Å². The van der Waals surface area contributed by atoms with E-state index in [-0.39, 0.29) is 0 Å². The summed E-state index contributed by atoms with van der Waals surface area (Å²) >= 11 is 5.58. The SMILES string of the molecule is Cc1cc(N=C=O)cc(Cl)n1. The number of pyridine rings is 1. The minimum Gasteiger partial charge on any atom is -0.241 e. The van der Waals surface area contributed by atoms with Gasteiger partial charge in [-0.05, 0) is 13.0 Å². The van der Waals surface area contributed by atoms with E-state index in [0.29, 0.717) is 10.8 Å². The third-order valence-corrected chi connectivity index (χ3v) is 1.28. The van der Waals surface area contributed by atoms with E-state index in [9.17, 15) is 4.79 Å². The second kappa shape index (κ2) is 3.28. The van der Waals surface area contributed by atoms with Crippen LogP contribution in [0.5, 0.6) is 0 Å². The van der Waals surface area contributed by atoms with E-state index in [1.165, 1.54) is 12.1 Å². The quantitative estimate of drug-likeness (QED) is 0.366. The lowest BCUT2D eigenvalue weighted by atomic mass is 10.3. The van der Waals surface area contributed by atoms with E-state index in [2.05, 4.69) is 9.98 Å². The third kappa shape index (κ3) is 2.15. The molecule has 1 aromatic rings. The molecule has 0 spiro atoms. The number of hydrogen-bond acceptors (Lipinski definition) is 3. The molecule has 0 bridgehead atoms. The Morgan fingerprint density at radius 1 is 1.64 bits per heavy atom. The lowest BCUT2D eigenvalue weighted by molar-refractivity contribution is 0.565. The maximum absolute atomic E-state index is 9.84. The molecule has 0 atom stereocenters. The fourth-order valence-electron chi connectivity index (χ4n) is 0.728. The number of aryl methyl sites for hydroxylation is 1. The van der Waals surface area contributed by atoms with Crippen LogP contribution in [0.4, 0.5) is 5.69 Å². The molecular formula is C7H5ClN2O. The Balaban J connectivity index is 3.18. The molecule has 1 aromatic heterocycles. The summed E-state index contributed by atoms with van der Waals surface area (Å²) in [4.78, 5) is 17.1. The van der Waals surface area contributed by atoms with Gasteiger partial charge in [-0.2, -0.15) is 4.99 Å². The number of halogens is 1. The van der Waals surface area contributed by atoms with Crippen LogP contribution in [-0.2, 0) is 4.79 Å². The zero-order valence-electron chi connectivity index (χ0n) is 5.84. The van der Waals surface area contributed by atoms with Crippen molar-refractivity contribution in [1.29, 1.82) is 0 Å². The van der Waals surface area contributed by atoms with Gasteiger partial charge in [-0.3, -0.25) is 0 Å². The summed E-state index contributed by atoms with van der Waals surface area (Å²) in [6.45, 7) is 1.77. The molecule has 1 rings (SSSR count). The Bertz CT molecular complexity index is 298. The number of rotatable bonds is 1. The Morgan fingerprint density at radius 3 is 2.91 bits per heavy atom. The molecule has 11 heavy (non-hydrogen) atoms. The van der Waals surface area contributed by atoms with Crippen LogP contribution in [0.15, 0.2) is 17.1 Å². The Hall–Kier alpha value is -1.18. The highest BCUT2D eigenvalue weighted by molar-refractivity contribution is 6.29. The largest absolute Gasteiger partial charge is 0.241 e. The zero-order chi connectivity index (χ0) is 8.27. The predicted molar refractivity (Wildman–Crippen MR) is 41.8 cm³/mol. The molecular weight excluding hydrogens is 164 g/mol. The maximum Gasteiger partial charge on any atom is 0.240 e. The summed E-state index contributed by atoms with van der Waals surface area (Å²) in [6, 6.07) is 3.15. The normalized spacial score (nSPS) is 8.91. The van der Waals surface area contributed by atoms with Crippen molar-refractivity contribution in [2.75, 3.05) is 0 Å². The van der Waals surface area contributed by atoms with Gasteiger partial charge in [-0.1, -0.05) is 11.6 Å². The zero-order valence-corrected chi connectivity index (χ0v) is 6.59. The predicted octanol–water partition coefficient (Wildman–Crippen LogP) is 2.01. The van der Waals surface area contributed by atoms with E-state index in [0.717, 1.165) is 5.69 Å². The van der Waals surface area contributed by atoms with Gasteiger partial charge in [0.1, 0.15) is 5.15 Å². The van der Waals surface area contributed by atoms with Gasteiger partial charge in [0.2, 0.25) is 6.08 Å². The minimum atomic E-state index is 0.332. The smallest absolute Gasteiger partial charge is 0.240 e. The second-order valence-corrected chi connectivity index (χ2v) is 2.38. The molecule has 0 aliphatic heterocycles. The summed E-state index contributed by atoms with van der Waals surface area (Å²) < 4.78 is 0. The van der Waals surface area contributed by atoms with Crippen molar-refractivity contribution in [3.8, 4) is 0 Å². The summed E-state index contributed by atoms with van der Waals surface area (Å²) in [5, 5.41) is 0.332. The third-order valence-electron chi connectivity index (χ3n) is 1.08. The van der Waals surface area contributed by atoms with Crippen molar-refractivity contribution in [3.63, 3.8) is 0 Å². The van der Waals surface area contributed by atoms with Crippen molar-refractivity contribution < 1.29 is 4.79 Å². The number of hydrogen-bond donors (Lipinski definition) is 0. The van der Waals surface area contributed by atoms with Crippen LogP contribution in [-0.4, -0.2) is 11.1 Å². The van der Waals surface area contributed by atoms with Gasteiger partial charge in [0, 0.05) is 11.8 Å². The van der Waals surface area contributed by atoms with E-state index >= 15 is 0 Å². The monoisotopic (exact) mass is 168 g/mol. The molecule has 3 nitrogen and oxygen atoms in total. The van der Waals surface area contributed by atoms with Gasteiger partial charge in [0.25, 0.3) is 0 Å². The van der Waals surface area contributed by atoms with E-state index in [1.807, 2.05) is 0 Å². The Labute approximate surface area is 68.7 Å². The highest BCUT2D eigenvalue weighted by atomic mass is 35.5. The molecule has 0 saturated heterocycles. The average molecular weight is 169 g/mol. The van der Waals surface area contributed by atoms with Crippen LogP contribution in [0.1, 0.15) is 5.69 Å². The fourth-order valence-corrected chi connectivity index (χ4v) is 0.973. The molecule has 0 radical (unpaired) electrons. The van der Waals surface area contributed by atoms with E-state index < -0.39 is 0 Å². The molecule has 0 saturated carbocycles. The first kappa shape index (κ1) is 7.92. The average Bonchev–Trinajstić information content (AvgIpc) is 1.85. The molecule has 0 unspecified atom stereocenters. The van der Waals surface area contributed by atoms with Crippen molar-refractivity contribution in [2.45, 2.75) is 6.92 Å². The highest BCUT2D eigenvalue weighted by Crippen LogP contribution is 2.16. The van der Waals surface area contributed by atoms with Crippen LogP contribution in [0.25, 0.3) is 0 Å². The van der Waals surface area contributed by atoms with Crippen LogP contribution in [0, 0.1) is 6.92 Å². The number of carbonyl (C=O) groups excluding carboxylic acids is 1. The molecule has 0 aliphatic carbocycles. The highest BCUT2D eigenvalue weighted by Gasteiger charge is 1.94. The van der Waals surface area contributed by atoms with E-state index in [4.69, 9.17) is 11.6 Å². The molecule has 0 aliphatic rings. The lowest BCUT2D eigenvalue weighted by Crippen LogP contribution is -1.79. The summed E-state index contributed by atoms with van der Waals surface area (Å²) in [6.07, 6.45) is 1.43. The molecule has 0 fully saturated rings. The molecule has 4 heteroatoms. The summed E-state index contributed by atoms with van der Waals surface area (Å²) in [7, 11) is 0. The lowest BCUT2D eigenvalue weighted by Gasteiger charge is -1.93. The fraction of sp³-hybridized carbons (Fsp3) is 0.143. The topological polar surface area (TPSA) is 42.3 Å². The van der Waals surface area contributed by atoms with Gasteiger partial charge in [-0.25, -0.2) is 9.78 Å². The van der Waals surface area contributed by atoms with Crippen molar-refractivity contribution in [2.24, 2.45) is 4.99 Å². The maximum atomic E-state index is 9.84. The first-order valence-corrected chi connectivity index (χ1v) is 3.32. The summed E-state index contributed by atoms with van der Waals surface area (Å²) in [5.74, 6) is 0. The number of isocyanates is 1. The van der Waals surface area contributed by atoms with Crippen LogP contribution >= 0.6 is 11.6 Å². The van der Waals surface area contributed by atoms with Crippen LogP contribution in [0.3, 0.4) is 0 Å². The molecule has 56 valence electrons. The number of aliphatic imine (C=N–C) groups is 1. The van der Waals surface area contributed by atoms with Crippen molar-refractivity contribution in [1.82, 2.24) is 4.98 Å². The first-order chi connectivity index (χ1) is 5.22. The minimum absolute atomic E-state index is 0.332. The van der Waals surface area contributed by atoms with Gasteiger partial charge in [-0.15, -0.1) is 0 Å². The molecule has 0 aromatic carbocycles. The second-order valence-electron chi connectivity index (χ2n) is 1.99. The Morgan fingerprint density at radius 2 is 2.36 bits per heavy atom. The van der Waals surface area contributed by atoms with Gasteiger partial charge < -0.3 is 0 Å². The van der Waals surface area contributed by atoms with Crippen LogP contribution in [0.2, 0.25) is 5.15 Å². The van der Waals surface area contributed by atoms with Crippen molar-refractivity contribution >= 4 is 23.4 Å². The molecule has 0 N–H and O–H groups in total. The molecule has 0 amide bonds. The number of nitrogens with zero attached hydrogens (tertiary/aromatic N) is 2. The van der Waals surface area contributed by atoms with Crippen LogP contribution < -0.4 is 0 Å². The van der Waals surface area contributed by atoms with Crippen molar-refractivity contribution in [3.05, 3.63) is 23.0 Å². The first-order valence-electron chi connectivity index (χ1n) is 2.94. The van der Waals surface area contributed by atoms with Gasteiger partial charge in [0.05, 0.1) is 5.69 Å². The van der Waals surface area contributed by atoms with Gasteiger partial charge in [0.15, 0.2) is 0 Å². The summed E-state index contributed by atoms with van der Waals surface area (Å²) in [5.41, 5.74) is 1.21. The Kier molecular flexibility index (Phi) is 2.36. The van der Waals surface area contributed by atoms with E-state index in [1.54, 1.807) is 13.0 Å². The standard InChI is InChI=1S/C7H5ClN2O/c1-5-2-6(9-4-11)3-7(8)10-5/h2-3H,1H3.